The highest BCUT2D eigenvalue weighted by Crippen LogP contribution is 2.23. The smallest absolute Gasteiger partial charge is 0.223 e. The van der Waals surface area contributed by atoms with Crippen LogP contribution in [0, 0.1) is 17.3 Å². The summed E-state index contributed by atoms with van der Waals surface area (Å²) in [5, 5.41) is 3.03. The molecule has 0 spiro atoms. The summed E-state index contributed by atoms with van der Waals surface area (Å²) >= 11 is 0. The van der Waals surface area contributed by atoms with Crippen LogP contribution in [0.5, 0.6) is 0 Å². The Kier molecular flexibility index (Phi) is 7.37. The molecule has 0 saturated carbocycles. The molecule has 1 aliphatic rings. The lowest BCUT2D eigenvalue weighted by Gasteiger charge is -2.32. The van der Waals surface area contributed by atoms with E-state index in [1.165, 1.54) is 0 Å². The van der Waals surface area contributed by atoms with Gasteiger partial charge in [-0.15, -0.1) is 0 Å². The molecule has 22 heavy (non-hydrogen) atoms. The van der Waals surface area contributed by atoms with Crippen molar-refractivity contribution in [3.63, 3.8) is 0 Å². The Morgan fingerprint density at radius 1 is 1.18 bits per heavy atom. The Labute approximate surface area is 136 Å². The van der Waals surface area contributed by atoms with Gasteiger partial charge in [0.25, 0.3) is 0 Å². The summed E-state index contributed by atoms with van der Waals surface area (Å²) in [6, 6.07) is 0. The van der Waals surface area contributed by atoms with E-state index in [9.17, 15) is 9.59 Å². The van der Waals surface area contributed by atoms with Gasteiger partial charge in [0.2, 0.25) is 11.8 Å². The molecule has 1 heterocycles. The first kappa shape index (κ1) is 19.0. The van der Waals surface area contributed by atoms with Crippen LogP contribution in [0.2, 0.25) is 0 Å². The summed E-state index contributed by atoms with van der Waals surface area (Å²) in [6.07, 6.45) is 4.16. The standard InChI is InChI=1S/C18H34N2O2/c1-14(2)7-11-19-17(22)15-8-12-20(13-9-15)16(21)6-10-18(3,4)5/h14-15H,6-13H2,1-5H3,(H,19,22). The number of rotatable bonds is 6. The molecule has 0 aliphatic carbocycles. The Hall–Kier alpha value is -1.06. The molecule has 1 rings (SSSR count). The van der Waals surface area contributed by atoms with Crippen LogP contribution in [-0.4, -0.2) is 36.3 Å². The van der Waals surface area contributed by atoms with E-state index in [4.69, 9.17) is 0 Å². The molecule has 4 heteroatoms. The third kappa shape index (κ3) is 7.28. The number of amides is 2. The van der Waals surface area contributed by atoms with Gasteiger partial charge in [0.1, 0.15) is 0 Å². The molecule has 1 saturated heterocycles. The van der Waals surface area contributed by atoms with Gasteiger partial charge in [-0.2, -0.15) is 0 Å². The molecule has 1 N–H and O–H groups in total. The number of carbonyl (C=O) groups excluding carboxylic acids is 2. The number of likely N-dealkylation sites (tertiary alicyclic amines) is 1. The highest BCUT2D eigenvalue weighted by atomic mass is 16.2. The highest BCUT2D eigenvalue weighted by Gasteiger charge is 2.27. The fourth-order valence-electron chi connectivity index (χ4n) is 2.66. The minimum Gasteiger partial charge on any atom is -0.356 e. The van der Waals surface area contributed by atoms with Crippen LogP contribution in [0.4, 0.5) is 0 Å². The molecule has 0 aromatic heterocycles. The summed E-state index contributed by atoms with van der Waals surface area (Å²) < 4.78 is 0. The first-order valence-corrected chi connectivity index (χ1v) is 8.74. The summed E-state index contributed by atoms with van der Waals surface area (Å²) in [7, 11) is 0. The van der Waals surface area contributed by atoms with Gasteiger partial charge in [0, 0.05) is 32.0 Å². The van der Waals surface area contributed by atoms with E-state index in [1.54, 1.807) is 0 Å². The SMILES string of the molecule is CC(C)CCNC(=O)C1CCN(C(=O)CCC(C)(C)C)CC1. The fourth-order valence-corrected chi connectivity index (χ4v) is 2.66. The molecule has 1 fully saturated rings. The molecule has 0 radical (unpaired) electrons. The molecule has 0 atom stereocenters. The van der Waals surface area contributed by atoms with Crippen molar-refractivity contribution in [2.24, 2.45) is 17.3 Å². The van der Waals surface area contributed by atoms with Gasteiger partial charge < -0.3 is 10.2 Å². The maximum Gasteiger partial charge on any atom is 0.223 e. The average Bonchev–Trinajstić information content (AvgIpc) is 2.43. The molecule has 1 aliphatic heterocycles. The van der Waals surface area contributed by atoms with E-state index < -0.39 is 0 Å². The highest BCUT2D eigenvalue weighted by molar-refractivity contribution is 5.80. The second-order valence-electron chi connectivity index (χ2n) is 8.19. The summed E-state index contributed by atoms with van der Waals surface area (Å²) in [6.45, 7) is 13.0. The van der Waals surface area contributed by atoms with E-state index in [2.05, 4.69) is 39.9 Å². The zero-order valence-corrected chi connectivity index (χ0v) is 15.1. The minimum absolute atomic E-state index is 0.0822. The Bertz CT molecular complexity index is 364. The van der Waals surface area contributed by atoms with Gasteiger partial charge >= 0.3 is 0 Å². The van der Waals surface area contributed by atoms with Gasteiger partial charge in [-0.05, 0) is 37.0 Å². The van der Waals surface area contributed by atoms with Crippen molar-refractivity contribution in [2.75, 3.05) is 19.6 Å². The van der Waals surface area contributed by atoms with Crippen LogP contribution in [0.25, 0.3) is 0 Å². The Morgan fingerprint density at radius 2 is 1.77 bits per heavy atom. The number of hydrogen-bond acceptors (Lipinski definition) is 2. The number of carbonyl (C=O) groups is 2. The summed E-state index contributed by atoms with van der Waals surface area (Å²) in [5.74, 6) is 1.11. The first-order chi connectivity index (χ1) is 10.2. The van der Waals surface area contributed by atoms with E-state index in [1.807, 2.05) is 4.90 Å². The Morgan fingerprint density at radius 3 is 2.27 bits per heavy atom. The van der Waals surface area contributed by atoms with Crippen molar-refractivity contribution in [3.8, 4) is 0 Å². The molecule has 0 aromatic rings. The second kappa shape index (κ2) is 8.54. The van der Waals surface area contributed by atoms with Crippen LogP contribution in [0.3, 0.4) is 0 Å². The van der Waals surface area contributed by atoms with Gasteiger partial charge in [-0.1, -0.05) is 34.6 Å². The Balaban J connectivity index is 2.27. The second-order valence-corrected chi connectivity index (χ2v) is 8.19. The van der Waals surface area contributed by atoms with Crippen molar-refractivity contribution < 1.29 is 9.59 Å². The summed E-state index contributed by atoms with van der Waals surface area (Å²) in [5.41, 5.74) is 0.199. The normalized spacial score (nSPS) is 16.9. The molecular formula is C18H34N2O2. The zero-order valence-electron chi connectivity index (χ0n) is 15.1. The van der Waals surface area contributed by atoms with E-state index in [-0.39, 0.29) is 23.1 Å². The van der Waals surface area contributed by atoms with E-state index in [0.29, 0.717) is 12.3 Å². The van der Waals surface area contributed by atoms with Crippen LogP contribution in [0.1, 0.15) is 66.7 Å². The number of nitrogens with one attached hydrogen (secondary N) is 1. The van der Waals surface area contributed by atoms with Gasteiger partial charge in [-0.25, -0.2) is 0 Å². The van der Waals surface area contributed by atoms with Crippen molar-refractivity contribution in [1.29, 1.82) is 0 Å². The van der Waals surface area contributed by atoms with Crippen LogP contribution >= 0.6 is 0 Å². The molecule has 0 bridgehead atoms. The van der Waals surface area contributed by atoms with Crippen molar-refractivity contribution in [1.82, 2.24) is 10.2 Å². The number of piperidine rings is 1. The maximum absolute atomic E-state index is 12.2. The van der Waals surface area contributed by atoms with Crippen molar-refractivity contribution >= 4 is 11.8 Å². The van der Waals surface area contributed by atoms with Crippen molar-refractivity contribution in [3.05, 3.63) is 0 Å². The monoisotopic (exact) mass is 310 g/mol. The number of nitrogens with zero attached hydrogens (tertiary/aromatic N) is 1. The minimum atomic E-state index is 0.0822. The van der Waals surface area contributed by atoms with Gasteiger partial charge in [0.15, 0.2) is 0 Å². The van der Waals surface area contributed by atoms with E-state index in [0.717, 1.165) is 45.3 Å². The quantitative estimate of drug-likeness (QED) is 0.819. The maximum atomic E-state index is 12.2. The average molecular weight is 310 g/mol. The predicted molar refractivity (Wildman–Crippen MR) is 90.5 cm³/mol. The fraction of sp³-hybridized carbons (Fsp3) is 0.889. The van der Waals surface area contributed by atoms with Gasteiger partial charge in [-0.3, -0.25) is 9.59 Å². The lowest BCUT2D eigenvalue weighted by atomic mass is 9.90. The topological polar surface area (TPSA) is 49.4 Å². The van der Waals surface area contributed by atoms with E-state index >= 15 is 0 Å². The predicted octanol–water partition coefficient (Wildman–Crippen LogP) is 3.21. The third-order valence-corrected chi connectivity index (χ3v) is 4.33. The molecule has 4 nitrogen and oxygen atoms in total. The lowest BCUT2D eigenvalue weighted by Crippen LogP contribution is -2.43. The lowest BCUT2D eigenvalue weighted by molar-refractivity contribution is -0.136. The molecule has 0 unspecified atom stereocenters. The molecular weight excluding hydrogens is 276 g/mol. The molecule has 128 valence electrons. The zero-order chi connectivity index (χ0) is 16.8. The molecule has 2 amide bonds. The third-order valence-electron chi connectivity index (χ3n) is 4.33. The first-order valence-electron chi connectivity index (χ1n) is 8.74. The van der Waals surface area contributed by atoms with Crippen LogP contribution in [-0.2, 0) is 9.59 Å². The van der Waals surface area contributed by atoms with Crippen molar-refractivity contribution in [2.45, 2.75) is 66.7 Å². The van der Waals surface area contributed by atoms with Crippen LogP contribution in [0.15, 0.2) is 0 Å². The van der Waals surface area contributed by atoms with Gasteiger partial charge in [0.05, 0.1) is 0 Å². The summed E-state index contributed by atoms with van der Waals surface area (Å²) in [4.78, 5) is 26.2. The molecule has 0 aromatic carbocycles. The van der Waals surface area contributed by atoms with Crippen LogP contribution < -0.4 is 5.32 Å². The largest absolute Gasteiger partial charge is 0.356 e. The number of hydrogen-bond donors (Lipinski definition) is 1.